The second-order valence-corrected chi connectivity index (χ2v) is 4.47. The van der Waals surface area contributed by atoms with Gasteiger partial charge in [-0.3, -0.25) is 15.5 Å². The average molecular weight is 308 g/mol. The van der Waals surface area contributed by atoms with Gasteiger partial charge in [-0.05, 0) is 24.3 Å². The van der Waals surface area contributed by atoms with E-state index >= 15 is 0 Å². The molecular weight excluding hydrogens is 298 g/mol. The van der Waals surface area contributed by atoms with Crippen molar-refractivity contribution in [2.75, 3.05) is 5.43 Å². The van der Waals surface area contributed by atoms with Crippen molar-refractivity contribution in [3.8, 4) is 11.5 Å². The second kappa shape index (κ2) is 6.10. The third-order valence-corrected chi connectivity index (χ3v) is 2.81. The summed E-state index contributed by atoms with van der Waals surface area (Å²) in [5, 5.41) is 34.1. The van der Waals surface area contributed by atoms with Gasteiger partial charge in [0.1, 0.15) is 5.75 Å². The first kappa shape index (κ1) is 14.6. The molecule has 2 aromatic carbocycles. The van der Waals surface area contributed by atoms with Crippen LogP contribution in [-0.4, -0.2) is 21.4 Å². The van der Waals surface area contributed by atoms with Crippen LogP contribution in [0.4, 0.5) is 11.4 Å². The summed E-state index contributed by atoms with van der Waals surface area (Å²) in [7, 11) is 0. The van der Waals surface area contributed by atoms with Crippen LogP contribution >= 0.6 is 11.6 Å². The lowest BCUT2D eigenvalue weighted by atomic mass is 10.2. The number of anilines is 1. The zero-order chi connectivity index (χ0) is 15.4. The molecular formula is C13H10ClN3O4. The van der Waals surface area contributed by atoms with E-state index in [4.69, 9.17) is 11.6 Å². The van der Waals surface area contributed by atoms with Crippen LogP contribution in [0, 0.1) is 10.1 Å². The molecule has 0 fully saturated rings. The van der Waals surface area contributed by atoms with E-state index in [1.54, 1.807) is 24.3 Å². The van der Waals surface area contributed by atoms with Gasteiger partial charge in [-0.1, -0.05) is 11.6 Å². The number of nitrogens with zero attached hydrogens (tertiary/aromatic N) is 2. The highest BCUT2D eigenvalue weighted by atomic mass is 35.5. The molecule has 21 heavy (non-hydrogen) atoms. The van der Waals surface area contributed by atoms with Crippen LogP contribution in [0.25, 0.3) is 0 Å². The number of hydrazone groups is 1. The Kier molecular flexibility index (Phi) is 4.24. The number of nitrogens with one attached hydrogen (secondary N) is 1. The quantitative estimate of drug-likeness (QED) is 0.457. The number of nitro benzene ring substituents is 1. The summed E-state index contributed by atoms with van der Waals surface area (Å²) in [5.41, 5.74) is 2.92. The third kappa shape index (κ3) is 3.61. The van der Waals surface area contributed by atoms with E-state index in [9.17, 15) is 20.3 Å². The summed E-state index contributed by atoms with van der Waals surface area (Å²) in [6, 6.07) is 8.64. The molecule has 0 aliphatic heterocycles. The van der Waals surface area contributed by atoms with Gasteiger partial charge >= 0.3 is 5.69 Å². The fraction of sp³-hybridized carbons (Fsp3) is 0. The van der Waals surface area contributed by atoms with Crippen molar-refractivity contribution in [1.82, 2.24) is 0 Å². The third-order valence-electron chi connectivity index (χ3n) is 2.56. The zero-order valence-corrected chi connectivity index (χ0v) is 11.3. The van der Waals surface area contributed by atoms with Gasteiger partial charge in [0.2, 0.25) is 0 Å². The number of phenolic OH excluding ortho intramolecular Hbond substituents is 2. The molecule has 0 aliphatic carbocycles. The van der Waals surface area contributed by atoms with Gasteiger partial charge in [0.25, 0.3) is 0 Å². The van der Waals surface area contributed by atoms with Crippen LogP contribution in [0.5, 0.6) is 11.5 Å². The normalized spacial score (nSPS) is 10.7. The van der Waals surface area contributed by atoms with Crippen molar-refractivity contribution >= 4 is 29.2 Å². The number of hydrogen-bond donors (Lipinski definition) is 3. The first-order valence-electron chi connectivity index (χ1n) is 5.72. The molecule has 0 spiro atoms. The summed E-state index contributed by atoms with van der Waals surface area (Å²) in [6.45, 7) is 0. The number of rotatable bonds is 4. The van der Waals surface area contributed by atoms with E-state index < -0.39 is 16.4 Å². The van der Waals surface area contributed by atoms with Gasteiger partial charge in [-0.2, -0.15) is 5.10 Å². The number of hydrogen-bond acceptors (Lipinski definition) is 6. The van der Waals surface area contributed by atoms with Crippen LogP contribution in [-0.2, 0) is 0 Å². The summed E-state index contributed by atoms with van der Waals surface area (Å²) >= 11 is 5.74. The maximum absolute atomic E-state index is 10.7. The van der Waals surface area contributed by atoms with E-state index in [-0.39, 0.29) is 11.3 Å². The molecule has 2 rings (SSSR count). The number of phenols is 2. The second-order valence-electron chi connectivity index (χ2n) is 4.03. The molecule has 0 aliphatic rings. The topological polar surface area (TPSA) is 108 Å². The molecule has 0 unspecified atom stereocenters. The van der Waals surface area contributed by atoms with Gasteiger partial charge in [0.15, 0.2) is 5.75 Å². The highest BCUT2D eigenvalue weighted by molar-refractivity contribution is 6.30. The Labute approximate surface area is 124 Å². The van der Waals surface area contributed by atoms with Gasteiger partial charge in [0, 0.05) is 22.7 Å². The van der Waals surface area contributed by atoms with Crippen LogP contribution in [0.2, 0.25) is 5.02 Å². The van der Waals surface area contributed by atoms with Crippen molar-refractivity contribution in [2.24, 2.45) is 5.10 Å². The maximum Gasteiger partial charge on any atom is 0.311 e. The fourth-order valence-electron chi connectivity index (χ4n) is 1.53. The molecule has 3 N–H and O–H groups in total. The van der Waals surface area contributed by atoms with Gasteiger partial charge in [-0.25, -0.2) is 0 Å². The molecule has 0 radical (unpaired) electrons. The standard InChI is InChI=1S/C13H10ClN3O4/c14-9-1-3-10(4-2-9)16-15-7-8-5-11(17(20)21)13(19)6-12(8)18/h1-7,16,18-19H. The molecule has 2 aromatic rings. The highest BCUT2D eigenvalue weighted by Crippen LogP contribution is 2.32. The Hall–Kier alpha value is -2.80. The van der Waals surface area contributed by atoms with Crippen molar-refractivity contribution in [3.05, 3.63) is 57.1 Å². The minimum atomic E-state index is -0.751. The minimum absolute atomic E-state index is 0.0981. The van der Waals surface area contributed by atoms with E-state index in [0.717, 1.165) is 12.1 Å². The van der Waals surface area contributed by atoms with E-state index in [1.165, 1.54) is 6.21 Å². The Balaban J connectivity index is 2.18. The van der Waals surface area contributed by atoms with E-state index in [2.05, 4.69) is 10.5 Å². The number of aromatic hydroxyl groups is 2. The molecule has 108 valence electrons. The van der Waals surface area contributed by atoms with Crippen molar-refractivity contribution in [3.63, 3.8) is 0 Å². The summed E-state index contributed by atoms with van der Waals surface area (Å²) in [5.74, 6) is -0.930. The highest BCUT2D eigenvalue weighted by Gasteiger charge is 2.16. The van der Waals surface area contributed by atoms with E-state index in [0.29, 0.717) is 10.7 Å². The van der Waals surface area contributed by atoms with Gasteiger partial charge in [-0.15, -0.1) is 0 Å². The number of halogens is 1. The fourth-order valence-corrected chi connectivity index (χ4v) is 1.66. The van der Waals surface area contributed by atoms with Crippen LogP contribution in [0.15, 0.2) is 41.5 Å². The lowest BCUT2D eigenvalue weighted by Gasteiger charge is -2.02. The predicted molar refractivity (Wildman–Crippen MR) is 79.1 cm³/mol. The lowest BCUT2D eigenvalue weighted by Crippen LogP contribution is -1.94. The number of nitro groups is 1. The monoisotopic (exact) mass is 307 g/mol. The largest absolute Gasteiger partial charge is 0.507 e. The molecule has 0 heterocycles. The zero-order valence-electron chi connectivity index (χ0n) is 10.5. The Morgan fingerprint density at radius 1 is 1.19 bits per heavy atom. The van der Waals surface area contributed by atoms with Crippen molar-refractivity contribution in [1.29, 1.82) is 0 Å². The minimum Gasteiger partial charge on any atom is -0.507 e. The average Bonchev–Trinajstić information content (AvgIpc) is 2.43. The first-order valence-corrected chi connectivity index (χ1v) is 6.10. The molecule has 0 amide bonds. The van der Waals surface area contributed by atoms with Gasteiger partial charge < -0.3 is 10.2 Å². The van der Waals surface area contributed by atoms with E-state index in [1.807, 2.05) is 0 Å². The summed E-state index contributed by atoms with van der Waals surface area (Å²) < 4.78 is 0. The summed E-state index contributed by atoms with van der Waals surface area (Å²) in [6.07, 6.45) is 1.20. The van der Waals surface area contributed by atoms with Crippen LogP contribution in [0.3, 0.4) is 0 Å². The molecule has 0 bridgehead atoms. The molecule has 0 atom stereocenters. The molecule has 0 saturated heterocycles. The van der Waals surface area contributed by atoms with Crippen molar-refractivity contribution < 1.29 is 15.1 Å². The Bertz CT molecular complexity index is 701. The lowest BCUT2D eigenvalue weighted by molar-refractivity contribution is -0.385. The van der Waals surface area contributed by atoms with Crippen molar-refractivity contribution in [2.45, 2.75) is 0 Å². The molecule has 7 nitrogen and oxygen atoms in total. The molecule has 0 aromatic heterocycles. The SMILES string of the molecule is O=[N+]([O-])c1cc(C=NNc2ccc(Cl)cc2)c(O)cc1O. The Morgan fingerprint density at radius 3 is 2.48 bits per heavy atom. The summed E-state index contributed by atoms with van der Waals surface area (Å²) in [4.78, 5) is 9.95. The molecule has 8 heteroatoms. The van der Waals surface area contributed by atoms with Crippen LogP contribution in [0.1, 0.15) is 5.56 Å². The Morgan fingerprint density at radius 2 is 1.86 bits per heavy atom. The number of benzene rings is 2. The predicted octanol–water partition coefficient (Wildman–Crippen LogP) is 3.11. The maximum atomic E-state index is 10.7. The van der Waals surface area contributed by atoms with Gasteiger partial charge in [0.05, 0.1) is 16.8 Å². The first-order chi connectivity index (χ1) is 9.97. The van der Waals surface area contributed by atoms with Crippen LogP contribution < -0.4 is 5.43 Å². The smallest absolute Gasteiger partial charge is 0.311 e. The molecule has 0 saturated carbocycles.